The molecule has 0 aromatic heterocycles. The Morgan fingerprint density at radius 1 is 1.00 bits per heavy atom. The molecule has 0 heterocycles. The van der Waals surface area contributed by atoms with E-state index in [1.165, 1.54) is 6.92 Å². The molecule has 26 heavy (non-hydrogen) atoms. The summed E-state index contributed by atoms with van der Waals surface area (Å²) in [6.45, 7) is 1.44. The number of carbonyl (C=O) groups is 3. The van der Waals surface area contributed by atoms with Crippen LogP contribution in [0.5, 0.6) is 5.75 Å². The molecule has 0 saturated carbocycles. The van der Waals surface area contributed by atoms with Crippen LogP contribution in [0.4, 0.5) is 4.79 Å². The summed E-state index contributed by atoms with van der Waals surface area (Å²) in [6.07, 6.45) is -0.629. The molecule has 2 rings (SSSR count). The summed E-state index contributed by atoms with van der Waals surface area (Å²) < 4.78 is 10.1. The Labute approximate surface area is 155 Å². The molecule has 0 aliphatic heterocycles. The van der Waals surface area contributed by atoms with E-state index in [1.54, 1.807) is 24.3 Å². The minimum Gasteiger partial charge on any atom is -0.480 e. The molecule has 0 saturated heterocycles. The van der Waals surface area contributed by atoms with Crippen molar-refractivity contribution in [2.75, 3.05) is 0 Å². The van der Waals surface area contributed by atoms with Crippen LogP contribution in [0.2, 0.25) is 0 Å². The lowest BCUT2D eigenvalue weighted by Gasteiger charge is -2.10. The molecule has 2 aromatic carbocycles. The SMILES string of the molecule is CC(=O)S[C@@H](Cc1ccc(OC(=O)OCc2ccccc2)cc1)C(=O)O. The second kappa shape index (κ2) is 9.62. The van der Waals surface area contributed by atoms with Gasteiger partial charge in [-0.05, 0) is 29.7 Å². The molecular weight excluding hydrogens is 356 g/mol. The largest absolute Gasteiger partial charge is 0.514 e. The summed E-state index contributed by atoms with van der Waals surface area (Å²) in [7, 11) is 0. The molecule has 1 N–H and O–H groups in total. The van der Waals surface area contributed by atoms with Crippen LogP contribution in [0.1, 0.15) is 18.1 Å². The van der Waals surface area contributed by atoms with Gasteiger partial charge in [0, 0.05) is 6.92 Å². The molecule has 136 valence electrons. The van der Waals surface area contributed by atoms with Gasteiger partial charge in [0.15, 0.2) is 5.12 Å². The first-order chi connectivity index (χ1) is 12.4. The van der Waals surface area contributed by atoms with Crippen molar-refractivity contribution in [1.82, 2.24) is 0 Å². The van der Waals surface area contributed by atoms with Gasteiger partial charge >= 0.3 is 12.1 Å². The van der Waals surface area contributed by atoms with Crippen molar-refractivity contribution in [3.8, 4) is 5.75 Å². The number of carbonyl (C=O) groups excluding carboxylic acids is 2. The smallest absolute Gasteiger partial charge is 0.480 e. The van der Waals surface area contributed by atoms with Crippen LogP contribution in [0.15, 0.2) is 54.6 Å². The lowest BCUT2D eigenvalue weighted by Crippen LogP contribution is -2.20. The summed E-state index contributed by atoms with van der Waals surface area (Å²) in [5.74, 6) is -0.757. The Bertz CT molecular complexity index is 757. The number of hydrogen-bond acceptors (Lipinski definition) is 6. The third-order valence-corrected chi connectivity index (χ3v) is 4.31. The zero-order chi connectivity index (χ0) is 18.9. The average molecular weight is 374 g/mol. The van der Waals surface area contributed by atoms with Gasteiger partial charge in [-0.1, -0.05) is 54.2 Å². The first-order valence-electron chi connectivity index (χ1n) is 7.81. The van der Waals surface area contributed by atoms with Gasteiger partial charge in [0.1, 0.15) is 17.6 Å². The highest BCUT2D eigenvalue weighted by atomic mass is 32.2. The van der Waals surface area contributed by atoms with E-state index < -0.39 is 17.4 Å². The Hall–Kier alpha value is -2.80. The van der Waals surface area contributed by atoms with Crippen molar-refractivity contribution in [2.24, 2.45) is 0 Å². The Morgan fingerprint density at radius 3 is 2.23 bits per heavy atom. The minimum atomic E-state index is -1.05. The number of rotatable bonds is 7. The van der Waals surface area contributed by atoms with E-state index in [2.05, 4.69) is 0 Å². The predicted octanol–water partition coefficient (Wildman–Crippen LogP) is 3.68. The van der Waals surface area contributed by atoms with Crippen molar-refractivity contribution in [1.29, 1.82) is 0 Å². The minimum absolute atomic E-state index is 0.111. The van der Waals surface area contributed by atoms with E-state index in [9.17, 15) is 14.4 Å². The molecule has 0 radical (unpaired) electrons. The van der Waals surface area contributed by atoms with Gasteiger partial charge in [-0.15, -0.1) is 0 Å². The van der Waals surface area contributed by atoms with Gasteiger partial charge in [0.05, 0.1) is 0 Å². The second-order valence-corrected chi connectivity index (χ2v) is 6.79. The molecule has 0 fully saturated rings. The van der Waals surface area contributed by atoms with Crippen LogP contribution in [-0.2, 0) is 27.4 Å². The predicted molar refractivity (Wildman–Crippen MR) is 97.1 cm³/mol. The normalized spacial score (nSPS) is 11.4. The van der Waals surface area contributed by atoms with Crippen LogP contribution in [0, 0.1) is 0 Å². The molecule has 6 nitrogen and oxygen atoms in total. The number of hydrogen-bond donors (Lipinski definition) is 1. The summed E-state index contributed by atoms with van der Waals surface area (Å²) in [4.78, 5) is 34.0. The number of thioether (sulfide) groups is 1. The van der Waals surface area contributed by atoms with Crippen molar-refractivity contribution < 1.29 is 29.0 Å². The quantitative estimate of drug-likeness (QED) is 0.584. The van der Waals surface area contributed by atoms with E-state index in [0.717, 1.165) is 22.9 Å². The van der Waals surface area contributed by atoms with Crippen molar-refractivity contribution >= 4 is 29.0 Å². The fourth-order valence-electron chi connectivity index (χ4n) is 2.13. The summed E-state index contributed by atoms with van der Waals surface area (Å²) in [5, 5.41) is 8.05. The van der Waals surface area contributed by atoms with Crippen molar-refractivity contribution in [3.05, 3.63) is 65.7 Å². The second-order valence-electron chi connectivity index (χ2n) is 5.41. The van der Waals surface area contributed by atoms with Crippen LogP contribution in [-0.4, -0.2) is 27.6 Å². The number of benzene rings is 2. The molecule has 1 atom stereocenters. The number of carboxylic acids is 1. The lowest BCUT2D eigenvalue weighted by atomic mass is 10.1. The molecule has 7 heteroatoms. The van der Waals surface area contributed by atoms with Crippen LogP contribution in [0.25, 0.3) is 0 Å². The molecule has 0 bridgehead atoms. The van der Waals surface area contributed by atoms with E-state index in [1.807, 2.05) is 30.3 Å². The Morgan fingerprint density at radius 2 is 1.65 bits per heavy atom. The highest BCUT2D eigenvalue weighted by Crippen LogP contribution is 2.20. The van der Waals surface area contributed by atoms with E-state index in [4.69, 9.17) is 14.6 Å². The molecule has 0 aliphatic carbocycles. The number of carboxylic acid groups (broad SMARTS) is 1. The number of aliphatic carboxylic acids is 1. The van der Waals surface area contributed by atoms with Crippen molar-refractivity contribution in [2.45, 2.75) is 25.2 Å². The van der Waals surface area contributed by atoms with E-state index in [-0.39, 0.29) is 23.9 Å². The molecule has 0 spiro atoms. The van der Waals surface area contributed by atoms with Gasteiger partial charge in [-0.25, -0.2) is 4.79 Å². The standard InChI is InChI=1S/C19H18O6S/c1-13(20)26-17(18(21)22)11-14-7-9-16(10-8-14)25-19(23)24-12-15-5-3-2-4-6-15/h2-10,17H,11-12H2,1H3,(H,21,22)/t17-/m0/s1. The van der Waals surface area contributed by atoms with Crippen LogP contribution >= 0.6 is 11.8 Å². The summed E-state index contributed by atoms with van der Waals surface area (Å²) in [5.41, 5.74) is 1.57. The van der Waals surface area contributed by atoms with Gasteiger partial charge in [0.2, 0.25) is 0 Å². The summed E-state index contributed by atoms with van der Waals surface area (Å²) >= 11 is 0.778. The maximum Gasteiger partial charge on any atom is 0.514 e. The third kappa shape index (κ3) is 6.60. The lowest BCUT2D eigenvalue weighted by molar-refractivity contribution is -0.136. The maximum atomic E-state index is 11.7. The monoisotopic (exact) mass is 374 g/mol. The number of ether oxygens (including phenoxy) is 2. The average Bonchev–Trinajstić information content (AvgIpc) is 2.61. The van der Waals surface area contributed by atoms with Gasteiger partial charge in [0.25, 0.3) is 0 Å². The zero-order valence-electron chi connectivity index (χ0n) is 14.1. The third-order valence-electron chi connectivity index (χ3n) is 3.33. The van der Waals surface area contributed by atoms with Gasteiger partial charge in [-0.3, -0.25) is 9.59 Å². The van der Waals surface area contributed by atoms with Gasteiger partial charge in [-0.2, -0.15) is 0 Å². The fourth-order valence-corrected chi connectivity index (χ4v) is 2.91. The topological polar surface area (TPSA) is 89.9 Å². The summed E-state index contributed by atoms with van der Waals surface area (Å²) in [6, 6.07) is 15.6. The van der Waals surface area contributed by atoms with Crippen LogP contribution < -0.4 is 4.74 Å². The van der Waals surface area contributed by atoms with Crippen molar-refractivity contribution in [3.63, 3.8) is 0 Å². The van der Waals surface area contributed by atoms with E-state index in [0.29, 0.717) is 0 Å². The molecule has 0 unspecified atom stereocenters. The van der Waals surface area contributed by atoms with Gasteiger partial charge < -0.3 is 14.6 Å². The first kappa shape index (κ1) is 19.5. The Kier molecular flexibility index (Phi) is 7.23. The van der Waals surface area contributed by atoms with Crippen LogP contribution in [0.3, 0.4) is 0 Å². The molecular formula is C19H18O6S. The molecule has 0 aliphatic rings. The highest BCUT2D eigenvalue weighted by Gasteiger charge is 2.20. The zero-order valence-corrected chi connectivity index (χ0v) is 14.9. The molecule has 2 aromatic rings. The first-order valence-corrected chi connectivity index (χ1v) is 8.69. The maximum absolute atomic E-state index is 11.7. The molecule has 0 amide bonds. The van der Waals surface area contributed by atoms with E-state index >= 15 is 0 Å². The Balaban J connectivity index is 1.87. The highest BCUT2D eigenvalue weighted by molar-refractivity contribution is 8.14. The fraction of sp³-hybridized carbons (Fsp3) is 0.211.